The van der Waals surface area contributed by atoms with E-state index in [4.69, 9.17) is 22.1 Å². The minimum absolute atomic E-state index is 0.243. The Morgan fingerprint density at radius 1 is 1.56 bits per heavy atom. The zero-order valence-corrected chi connectivity index (χ0v) is 11.9. The number of esters is 1. The first kappa shape index (κ1) is 13.1. The molecule has 0 saturated carbocycles. The lowest BCUT2D eigenvalue weighted by molar-refractivity contribution is 0.0527. The first-order valence-corrected chi connectivity index (χ1v) is 6.42. The molecular formula is C12H10BrClN2O2. The van der Waals surface area contributed by atoms with Gasteiger partial charge in [0.05, 0.1) is 22.8 Å². The van der Waals surface area contributed by atoms with Crippen molar-refractivity contribution in [3.63, 3.8) is 0 Å². The summed E-state index contributed by atoms with van der Waals surface area (Å²) in [5.74, 6) is -0.490. The van der Waals surface area contributed by atoms with Gasteiger partial charge in [-0.05, 0) is 19.1 Å². The van der Waals surface area contributed by atoms with Crippen LogP contribution in [0.1, 0.15) is 17.3 Å². The standard InChI is InChI=1S/C12H10BrClN2O2/c1-2-18-12(17)6-5-16-11-8(14)4-3-7(13)9(11)10(6)15/h3-5H,2H2,1H3,(H2,15,16). The van der Waals surface area contributed by atoms with Crippen molar-refractivity contribution in [2.75, 3.05) is 12.3 Å². The molecular weight excluding hydrogens is 320 g/mol. The number of carbonyl (C=O) groups excluding carboxylic acids is 1. The number of rotatable bonds is 2. The minimum atomic E-state index is -0.490. The first-order chi connectivity index (χ1) is 8.56. The van der Waals surface area contributed by atoms with Gasteiger partial charge in [-0.3, -0.25) is 4.98 Å². The van der Waals surface area contributed by atoms with Gasteiger partial charge in [-0.15, -0.1) is 0 Å². The summed E-state index contributed by atoms with van der Waals surface area (Å²) in [5.41, 5.74) is 7.10. The second kappa shape index (κ2) is 5.12. The third kappa shape index (κ3) is 2.15. The number of carbonyl (C=O) groups is 1. The normalized spacial score (nSPS) is 10.6. The second-order valence-electron chi connectivity index (χ2n) is 3.56. The first-order valence-electron chi connectivity index (χ1n) is 5.25. The van der Waals surface area contributed by atoms with E-state index in [-0.39, 0.29) is 12.2 Å². The number of ether oxygens (including phenoxy) is 1. The van der Waals surface area contributed by atoms with Crippen LogP contribution in [0.4, 0.5) is 5.69 Å². The van der Waals surface area contributed by atoms with Gasteiger partial charge in [0.2, 0.25) is 0 Å². The van der Waals surface area contributed by atoms with Crippen molar-refractivity contribution in [3.05, 3.63) is 33.4 Å². The van der Waals surface area contributed by atoms with Crippen molar-refractivity contribution in [3.8, 4) is 0 Å². The number of nitrogens with zero attached hydrogens (tertiary/aromatic N) is 1. The van der Waals surface area contributed by atoms with E-state index in [1.165, 1.54) is 6.20 Å². The molecule has 2 rings (SSSR count). The maximum Gasteiger partial charge on any atom is 0.341 e. The molecule has 0 aliphatic rings. The van der Waals surface area contributed by atoms with Crippen LogP contribution in [0, 0.1) is 0 Å². The number of hydrogen-bond donors (Lipinski definition) is 1. The van der Waals surface area contributed by atoms with Gasteiger partial charge in [0, 0.05) is 16.1 Å². The van der Waals surface area contributed by atoms with Crippen molar-refractivity contribution in [2.45, 2.75) is 6.92 Å². The molecule has 1 aromatic carbocycles. The van der Waals surface area contributed by atoms with Crippen molar-refractivity contribution >= 4 is 50.1 Å². The lowest BCUT2D eigenvalue weighted by atomic mass is 10.1. The Bertz CT molecular complexity index is 631. The second-order valence-corrected chi connectivity index (χ2v) is 4.82. The highest BCUT2D eigenvalue weighted by Crippen LogP contribution is 2.34. The Morgan fingerprint density at radius 2 is 2.28 bits per heavy atom. The van der Waals surface area contributed by atoms with E-state index in [2.05, 4.69) is 20.9 Å². The van der Waals surface area contributed by atoms with E-state index < -0.39 is 5.97 Å². The molecule has 0 aliphatic heterocycles. The number of pyridine rings is 1. The van der Waals surface area contributed by atoms with Gasteiger partial charge in [-0.2, -0.15) is 0 Å². The van der Waals surface area contributed by atoms with Crippen LogP contribution in [0.2, 0.25) is 5.02 Å². The van der Waals surface area contributed by atoms with Gasteiger partial charge in [0.25, 0.3) is 0 Å². The Labute approximate surface area is 117 Å². The highest BCUT2D eigenvalue weighted by Gasteiger charge is 2.17. The summed E-state index contributed by atoms with van der Waals surface area (Å²) in [7, 11) is 0. The molecule has 0 unspecified atom stereocenters. The molecule has 0 fully saturated rings. The highest BCUT2D eigenvalue weighted by molar-refractivity contribution is 9.10. The van der Waals surface area contributed by atoms with E-state index in [1.54, 1.807) is 19.1 Å². The Hall–Kier alpha value is -1.33. The molecule has 6 heteroatoms. The molecule has 0 radical (unpaired) electrons. The summed E-state index contributed by atoms with van der Waals surface area (Å²) in [6, 6.07) is 3.47. The number of halogens is 2. The summed E-state index contributed by atoms with van der Waals surface area (Å²) in [6.07, 6.45) is 1.38. The molecule has 0 aliphatic carbocycles. The molecule has 2 N–H and O–H groups in total. The van der Waals surface area contributed by atoms with Crippen molar-refractivity contribution < 1.29 is 9.53 Å². The van der Waals surface area contributed by atoms with Gasteiger partial charge in [-0.1, -0.05) is 27.5 Å². The van der Waals surface area contributed by atoms with E-state index in [0.29, 0.717) is 21.6 Å². The summed E-state index contributed by atoms with van der Waals surface area (Å²) < 4.78 is 5.65. The quantitative estimate of drug-likeness (QED) is 0.858. The minimum Gasteiger partial charge on any atom is -0.462 e. The van der Waals surface area contributed by atoms with Crippen LogP contribution in [0.15, 0.2) is 22.8 Å². The zero-order chi connectivity index (χ0) is 13.3. The number of fused-ring (bicyclic) bond motifs is 1. The van der Waals surface area contributed by atoms with Crippen LogP contribution >= 0.6 is 27.5 Å². The van der Waals surface area contributed by atoms with Crippen LogP contribution in [0.25, 0.3) is 10.9 Å². The van der Waals surface area contributed by atoms with E-state index in [0.717, 1.165) is 4.47 Å². The number of nitrogen functional groups attached to an aromatic ring is 1. The topological polar surface area (TPSA) is 65.2 Å². The molecule has 2 aromatic rings. The molecule has 0 atom stereocenters. The summed E-state index contributed by atoms with van der Waals surface area (Å²) in [6.45, 7) is 2.02. The number of nitrogens with two attached hydrogens (primary N) is 1. The monoisotopic (exact) mass is 328 g/mol. The highest BCUT2D eigenvalue weighted by atomic mass is 79.9. The van der Waals surface area contributed by atoms with Gasteiger partial charge in [0.1, 0.15) is 5.56 Å². The predicted octanol–water partition coefficient (Wildman–Crippen LogP) is 3.41. The van der Waals surface area contributed by atoms with E-state index in [1.807, 2.05) is 0 Å². The molecule has 0 amide bonds. The molecule has 0 spiro atoms. The zero-order valence-electron chi connectivity index (χ0n) is 9.54. The molecule has 4 nitrogen and oxygen atoms in total. The van der Waals surface area contributed by atoms with Gasteiger partial charge in [-0.25, -0.2) is 4.79 Å². The van der Waals surface area contributed by atoms with Crippen LogP contribution in [-0.4, -0.2) is 17.6 Å². The maximum absolute atomic E-state index is 11.7. The molecule has 1 heterocycles. The molecule has 1 aromatic heterocycles. The third-order valence-electron chi connectivity index (χ3n) is 2.46. The smallest absolute Gasteiger partial charge is 0.341 e. The Balaban J connectivity index is 2.71. The Kier molecular flexibility index (Phi) is 3.73. The number of aromatic nitrogens is 1. The van der Waals surface area contributed by atoms with Crippen molar-refractivity contribution in [1.29, 1.82) is 0 Å². The summed E-state index contributed by atoms with van der Waals surface area (Å²) in [5, 5.41) is 1.10. The molecule has 18 heavy (non-hydrogen) atoms. The SMILES string of the molecule is CCOC(=O)c1cnc2c(Cl)ccc(Br)c2c1N. The van der Waals surface area contributed by atoms with E-state index in [9.17, 15) is 4.79 Å². The van der Waals surface area contributed by atoms with Crippen LogP contribution in [0.5, 0.6) is 0 Å². The number of benzene rings is 1. The third-order valence-corrected chi connectivity index (χ3v) is 3.42. The number of hydrogen-bond acceptors (Lipinski definition) is 4. The average Bonchev–Trinajstić information content (AvgIpc) is 2.34. The lowest BCUT2D eigenvalue weighted by Crippen LogP contribution is -2.09. The fraction of sp³-hybridized carbons (Fsp3) is 0.167. The van der Waals surface area contributed by atoms with Gasteiger partial charge < -0.3 is 10.5 Å². The van der Waals surface area contributed by atoms with Gasteiger partial charge >= 0.3 is 5.97 Å². The fourth-order valence-corrected chi connectivity index (χ4v) is 2.37. The van der Waals surface area contributed by atoms with Crippen LogP contribution in [0.3, 0.4) is 0 Å². The van der Waals surface area contributed by atoms with Crippen LogP contribution < -0.4 is 5.73 Å². The maximum atomic E-state index is 11.7. The lowest BCUT2D eigenvalue weighted by Gasteiger charge is -2.10. The van der Waals surface area contributed by atoms with E-state index >= 15 is 0 Å². The fourth-order valence-electron chi connectivity index (χ4n) is 1.63. The molecule has 94 valence electrons. The number of anilines is 1. The average molecular weight is 330 g/mol. The van der Waals surface area contributed by atoms with Gasteiger partial charge in [0.15, 0.2) is 0 Å². The molecule has 0 bridgehead atoms. The Morgan fingerprint density at radius 3 is 2.94 bits per heavy atom. The van der Waals surface area contributed by atoms with Crippen molar-refractivity contribution in [2.24, 2.45) is 0 Å². The molecule has 0 saturated heterocycles. The predicted molar refractivity (Wildman–Crippen MR) is 74.8 cm³/mol. The summed E-state index contributed by atoms with van der Waals surface area (Å²) >= 11 is 9.41. The largest absolute Gasteiger partial charge is 0.462 e. The van der Waals surface area contributed by atoms with Crippen LogP contribution in [-0.2, 0) is 4.74 Å². The van der Waals surface area contributed by atoms with Crippen molar-refractivity contribution in [1.82, 2.24) is 4.98 Å². The summed E-state index contributed by atoms with van der Waals surface area (Å²) in [4.78, 5) is 15.9.